The smallest absolute Gasteiger partial charge is 0.123 e. The van der Waals surface area contributed by atoms with Crippen LogP contribution in [0.5, 0.6) is 0 Å². The number of hydrogen-bond acceptors (Lipinski definition) is 3. The maximum absolute atomic E-state index is 10.2. The molecule has 0 radical (unpaired) electrons. The lowest BCUT2D eigenvalue weighted by molar-refractivity contribution is 0.0486. The summed E-state index contributed by atoms with van der Waals surface area (Å²) in [6, 6.07) is 3.74. The van der Waals surface area contributed by atoms with Gasteiger partial charge in [0.2, 0.25) is 0 Å². The van der Waals surface area contributed by atoms with Crippen molar-refractivity contribution in [3.05, 3.63) is 23.9 Å². The molecule has 16 heavy (non-hydrogen) atoms. The molecule has 3 heteroatoms. The Morgan fingerprint density at radius 3 is 2.81 bits per heavy atom. The summed E-state index contributed by atoms with van der Waals surface area (Å²) >= 11 is 0. The molecule has 0 spiro atoms. The third-order valence-corrected chi connectivity index (χ3v) is 2.75. The van der Waals surface area contributed by atoms with Gasteiger partial charge >= 0.3 is 0 Å². The van der Waals surface area contributed by atoms with Gasteiger partial charge in [-0.2, -0.15) is 0 Å². The van der Waals surface area contributed by atoms with E-state index >= 15 is 0 Å². The lowest BCUT2D eigenvalue weighted by Crippen LogP contribution is -2.27. The maximum atomic E-state index is 10.2. The van der Waals surface area contributed by atoms with Gasteiger partial charge in [-0.1, -0.05) is 26.2 Å². The molecule has 3 N–H and O–H groups in total. The van der Waals surface area contributed by atoms with E-state index in [9.17, 15) is 5.11 Å². The summed E-state index contributed by atoms with van der Waals surface area (Å²) in [5.74, 6) is 0.516. The Hall–Kier alpha value is -1.09. The summed E-state index contributed by atoms with van der Waals surface area (Å²) in [6.07, 6.45) is 6.59. The van der Waals surface area contributed by atoms with Crippen molar-refractivity contribution in [3.63, 3.8) is 0 Å². The molecular formula is C13H22N2O. The summed E-state index contributed by atoms with van der Waals surface area (Å²) in [4.78, 5) is 3.94. The predicted octanol–water partition coefficient (Wildman–Crippen LogP) is 2.54. The minimum Gasteiger partial charge on any atom is -0.390 e. The van der Waals surface area contributed by atoms with E-state index in [-0.39, 0.29) is 0 Å². The molecule has 1 aromatic rings. The van der Waals surface area contributed by atoms with Crippen LogP contribution in [0.25, 0.3) is 0 Å². The van der Waals surface area contributed by atoms with Crippen LogP contribution in [0.1, 0.15) is 45.1 Å². The number of anilines is 1. The number of hydrogen-bond donors (Lipinski definition) is 2. The second-order valence-corrected chi connectivity index (χ2v) is 4.72. The van der Waals surface area contributed by atoms with E-state index in [2.05, 4.69) is 11.9 Å². The number of aliphatic hydroxyl groups is 1. The second-order valence-electron chi connectivity index (χ2n) is 4.72. The molecule has 0 aliphatic carbocycles. The Kier molecular flexibility index (Phi) is 4.74. The quantitative estimate of drug-likeness (QED) is 0.727. The first kappa shape index (κ1) is 13.0. The van der Waals surface area contributed by atoms with Crippen molar-refractivity contribution in [1.29, 1.82) is 0 Å². The van der Waals surface area contributed by atoms with Crippen LogP contribution in [-0.2, 0) is 6.42 Å². The highest BCUT2D eigenvalue weighted by Gasteiger charge is 2.20. The average Bonchev–Trinajstić information content (AvgIpc) is 2.17. The molecule has 1 unspecified atom stereocenters. The van der Waals surface area contributed by atoms with Crippen molar-refractivity contribution in [2.24, 2.45) is 0 Å². The molecule has 0 aliphatic rings. The van der Waals surface area contributed by atoms with E-state index in [1.54, 1.807) is 6.20 Å². The molecule has 0 aromatic carbocycles. The summed E-state index contributed by atoms with van der Waals surface area (Å²) in [5, 5.41) is 10.2. The number of unbranched alkanes of at least 4 members (excludes halogenated alkanes) is 2. The Balaban J connectivity index is 2.51. The number of nitrogen functional groups attached to an aromatic ring is 1. The fourth-order valence-corrected chi connectivity index (χ4v) is 1.89. The van der Waals surface area contributed by atoms with E-state index in [0.717, 1.165) is 18.4 Å². The molecule has 1 heterocycles. The standard InChI is InChI=1S/C13H22N2O/c1-3-4-5-7-13(2,16)10-11-6-8-15-12(14)9-11/h6,8-9,16H,3-5,7,10H2,1-2H3,(H2,14,15). The third-order valence-electron chi connectivity index (χ3n) is 2.75. The molecule has 0 bridgehead atoms. The Bertz CT molecular complexity index is 323. The van der Waals surface area contributed by atoms with Crippen LogP contribution in [0.2, 0.25) is 0 Å². The average molecular weight is 222 g/mol. The zero-order valence-electron chi connectivity index (χ0n) is 10.2. The third kappa shape index (κ3) is 4.62. The first-order valence-corrected chi connectivity index (χ1v) is 5.96. The van der Waals surface area contributed by atoms with Gasteiger partial charge in [0, 0.05) is 12.6 Å². The van der Waals surface area contributed by atoms with Gasteiger partial charge in [-0.25, -0.2) is 4.98 Å². The lowest BCUT2D eigenvalue weighted by atomic mass is 9.91. The van der Waals surface area contributed by atoms with Gasteiger partial charge < -0.3 is 10.8 Å². The van der Waals surface area contributed by atoms with Gasteiger partial charge in [0.15, 0.2) is 0 Å². The van der Waals surface area contributed by atoms with Crippen molar-refractivity contribution in [1.82, 2.24) is 4.98 Å². The molecule has 90 valence electrons. The fraction of sp³-hybridized carbons (Fsp3) is 0.615. The fourth-order valence-electron chi connectivity index (χ4n) is 1.89. The largest absolute Gasteiger partial charge is 0.390 e. The van der Waals surface area contributed by atoms with Crippen molar-refractivity contribution < 1.29 is 5.11 Å². The Labute approximate surface area is 97.7 Å². The molecule has 1 atom stereocenters. The first-order valence-electron chi connectivity index (χ1n) is 5.96. The highest BCUT2D eigenvalue weighted by Crippen LogP contribution is 2.20. The van der Waals surface area contributed by atoms with Crippen LogP contribution >= 0.6 is 0 Å². The minimum absolute atomic E-state index is 0.516. The molecule has 0 aliphatic heterocycles. The molecule has 0 fully saturated rings. The Morgan fingerprint density at radius 1 is 1.44 bits per heavy atom. The van der Waals surface area contributed by atoms with Gasteiger partial charge in [-0.15, -0.1) is 0 Å². The normalized spacial score (nSPS) is 14.7. The summed E-state index contributed by atoms with van der Waals surface area (Å²) in [6.45, 7) is 4.05. The van der Waals surface area contributed by atoms with Crippen LogP contribution in [0.3, 0.4) is 0 Å². The van der Waals surface area contributed by atoms with Crippen LogP contribution in [0.15, 0.2) is 18.3 Å². The van der Waals surface area contributed by atoms with E-state index < -0.39 is 5.60 Å². The van der Waals surface area contributed by atoms with Crippen LogP contribution in [0, 0.1) is 0 Å². The monoisotopic (exact) mass is 222 g/mol. The van der Waals surface area contributed by atoms with E-state index in [0.29, 0.717) is 12.2 Å². The second kappa shape index (κ2) is 5.85. The summed E-state index contributed by atoms with van der Waals surface area (Å²) < 4.78 is 0. The van der Waals surface area contributed by atoms with E-state index in [1.165, 1.54) is 12.8 Å². The zero-order chi connectivity index (χ0) is 12.0. The summed E-state index contributed by atoms with van der Waals surface area (Å²) in [5.41, 5.74) is 6.02. The van der Waals surface area contributed by atoms with Crippen molar-refractivity contribution in [3.8, 4) is 0 Å². The van der Waals surface area contributed by atoms with Crippen molar-refractivity contribution >= 4 is 5.82 Å². The van der Waals surface area contributed by atoms with Crippen LogP contribution in [-0.4, -0.2) is 15.7 Å². The molecular weight excluding hydrogens is 200 g/mol. The lowest BCUT2D eigenvalue weighted by Gasteiger charge is -2.23. The predicted molar refractivity (Wildman–Crippen MR) is 67.1 cm³/mol. The number of nitrogens with two attached hydrogens (primary N) is 1. The van der Waals surface area contributed by atoms with Gasteiger partial charge in [0.25, 0.3) is 0 Å². The topological polar surface area (TPSA) is 59.1 Å². The molecule has 0 saturated carbocycles. The number of pyridine rings is 1. The van der Waals surface area contributed by atoms with E-state index in [1.807, 2.05) is 19.1 Å². The minimum atomic E-state index is -0.636. The van der Waals surface area contributed by atoms with Gasteiger partial charge in [-0.3, -0.25) is 0 Å². The molecule has 1 aromatic heterocycles. The highest BCUT2D eigenvalue weighted by atomic mass is 16.3. The SMILES string of the molecule is CCCCCC(C)(O)Cc1ccnc(N)c1. The van der Waals surface area contributed by atoms with Gasteiger partial charge in [0.05, 0.1) is 5.60 Å². The molecule has 0 amide bonds. The highest BCUT2D eigenvalue weighted by molar-refractivity contribution is 5.32. The molecule has 0 saturated heterocycles. The first-order chi connectivity index (χ1) is 7.53. The number of aromatic nitrogens is 1. The molecule has 3 nitrogen and oxygen atoms in total. The Morgan fingerprint density at radius 2 is 2.19 bits per heavy atom. The summed E-state index contributed by atoms with van der Waals surface area (Å²) in [7, 11) is 0. The van der Waals surface area contributed by atoms with Crippen LogP contribution < -0.4 is 5.73 Å². The van der Waals surface area contributed by atoms with Crippen molar-refractivity contribution in [2.45, 2.75) is 51.6 Å². The van der Waals surface area contributed by atoms with E-state index in [4.69, 9.17) is 5.73 Å². The van der Waals surface area contributed by atoms with Gasteiger partial charge in [-0.05, 0) is 31.0 Å². The van der Waals surface area contributed by atoms with Gasteiger partial charge in [0.1, 0.15) is 5.82 Å². The number of nitrogens with zero attached hydrogens (tertiary/aromatic N) is 1. The van der Waals surface area contributed by atoms with Crippen molar-refractivity contribution in [2.75, 3.05) is 5.73 Å². The van der Waals surface area contributed by atoms with Crippen LogP contribution in [0.4, 0.5) is 5.82 Å². The number of rotatable bonds is 6. The maximum Gasteiger partial charge on any atom is 0.123 e. The zero-order valence-corrected chi connectivity index (χ0v) is 10.2. The molecule has 1 rings (SSSR count).